The zero-order valence-electron chi connectivity index (χ0n) is 19.3. The highest BCUT2D eigenvalue weighted by molar-refractivity contribution is 5.80. The summed E-state index contributed by atoms with van der Waals surface area (Å²) in [6.45, 7) is 7.71. The number of carbonyl (C=O) groups excluding carboxylic acids is 1. The Labute approximate surface area is 190 Å². The topological polar surface area (TPSA) is 78.9 Å². The Morgan fingerprint density at radius 3 is 2.75 bits per heavy atom. The number of nitrogens with one attached hydrogen (secondary N) is 3. The molecule has 1 saturated heterocycles. The molecule has 2 heterocycles. The van der Waals surface area contributed by atoms with E-state index in [9.17, 15) is 9.59 Å². The van der Waals surface area contributed by atoms with Gasteiger partial charge in [0.1, 0.15) is 13.1 Å². The first kappa shape index (κ1) is 22.8. The largest absolute Gasteiger partial charge is 0.370 e. The second-order valence-corrected chi connectivity index (χ2v) is 9.39. The number of H-pyrrole nitrogens is 1. The molecular formula is C25H37N4O3+. The van der Waals surface area contributed by atoms with Gasteiger partial charge in [-0.1, -0.05) is 30.9 Å². The molecule has 1 aromatic heterocycles. The maximum absolute atomic E-state index is 13.2. The Balaban J connectivity index is 1.46. The molecule has 0 atom stereocenters. The number of ether oxygens (including phenoxy) is 1. The molecule has 2 aromatic rings. The third kappa shape index (κ3) is 6.11. The van der Waals surface area contributed by atoms with E-state index in [1.165, 1.54) is 24.2 Å². The molecule has 2 amide bonds. The summed E-state index contributed by atoms with van der Waals surface area (Å²) in [6, 6.07) is 8.15. The van der Waals surface area contributed by atoms with E-state index in [2.05, 4.69) is 16.4 Å². The predicted octanol–water partition coefficient (Wildman–Crippen LogP) is 1.99. The number of carbonyl (C=O) groups is 1. The van der Waals surface area contributed by atoms with E-state index in [0.717, 1.165) is 68.6 Å². The summed E-state index contributed by atoms with van der Waals surface area (Å²) in [6.07, 6.45) is 6.62. The number of quaternary nitrogens is 1. The van der Waals surface area contributed by atoms with Gasteiger partial charge in [0.05, 0.1) is 26.3 Å². The average Bonchev–Trinajstić information content (AvgIpc) is 2.80. The van der Waals surface area contributed by atoms with Crippen molar-refractivity contribution < 1.29 is 14.4 Å². The van der Waals surface area contributed by atoms with Crippen molar-refractivity contribution in [3.05, 3.63) is 45.7 Å². The molecule has 7 heteroatoms. The van der Waals surface area contributed by atoms with Gasteiger partial charge in [0.15, 0.2) is 0 Å². The van der Waals surface area contributed by atoms with Gasteiger partial charge < -0.3 is 24.8 Å². The van der Waals surface area contributed by atoms with Crippen molar-refractivity contribution in [3.63, 3.8) is 0 Å². The van der Waals surface area contributed by atoms with E-state index in [-0.39, 0.29) is 17.6 Å². The van der Waals surface area contributed by atoms with E-state index in [1.54, 1.807) is 0 Å². The standard InChI is InChI=1S/C25H36N4O3/c1-19-8-9-23-20(16-19)17-21(24(30)27-23)18-29(11-5-10-28-12-14-32-15-13-28)25(31)26-22-6-3-2-4-7-22/h8-9,16-17,22H,2-7,10-15,18H2,1H3,(H,26,31)(H,27,30)/p+1. The van der Waals surface area contributed by atoms with Crippen LogP contribution in [0, 0.1) is 6.92 Å². The highest BCUT2D eigenvalue weighted by Gasteiger charge is 2.22. The number of urea groups is 1. The predicted molar refractivity (Wildman–Crippen MR) is 126 cm³/mol. The molecule has 32 heavy (non-hydrogen) atoms. The number of morpholine rings is 1. The summed E-state index contributed by atoms with van der Waals surface area (Å²) < 4.78 is 5.45. The molecule has 2 fully saturated rings. The lowest BCUT2D eigenvalue weighted by Crippen LogP contribution is -3.14. The second-order valence-electron chi connectivity index (χ2n) is 9.39. The summed E-state index contributed by atoms with van der Waals surface area (Å²) in [5.74, 6) is 0. The number of benzene rings is 1. The van der Waals surface area contributed by atoms with Gasteiger partial charge in [-0.15, -0.1) is 0 Å². The van der Waals surface area contributed by atoms with Crippen LogP contribution in [-0.4, -0.2) is 61.3 Å². The number of amides is 2. The first-order valence-electron chi connectivity index (χ1n) is 12.2. The minimum Gasteiger partial charge on any atom is -0.370 e. The molecule has 0 radical (unpaired) electrons. The van der Waals surface area contributed by atoms with Crippen LogP contribution in [0.25, 0.3) is 10.9 Å². The molecule has 1 aliphatic carbocycles. The van der Waals surface area contributed by atoms with Crippen LogP contribution in [0.4, 0.5) is 4.79 Å². The first-order valence-corrected chi connectivity index (χ1v) is 12.2. The van der Waals surface area contributed by atoms with Gasteiger partial charge in [0.2, 0.25) is 0 Å². The van der Waals surface area contributed by atoms with Crippen LogP contribution in [0.5, 0.6) is 0 Å². The number of fused-ring (bicyclic) bond motifs is 1. The van der Waals surface area contributed by atoms with Crippen LogP contribution in [-0.2, 0) is 11.3 Å². The normalized spacial score (nSPS) is 18.0. The lowest BCUT2D eigenvalue weighted by atomic mass is 9.96. The fourth-order valence-electron chi connectivity index (χ4n) is 4.89. The molecule has 1 saturated carbocycles. The Morgan fingerprint density at radius 2 is 1.97 bits per heavy atom. The highest BCUT2D eigenvalue weighted by Crippen LogP contribution is 2.18. The molecule has 0 bridgehead atoms. The van der Waals surface area contributed by atoms with Gasteiger partial charge in [-0.05, 0) is 43.4 Å². The van der Waals surface area contributed by atoms with Crippen LogP contribution < -0.4 is 15.8 Å². The van der Waals surface area contributed by atoms with E-state index >= 15 is 0 Å². The Morgan fingerprint density at radius 1 is 1.19 bits per heavy atom. The van der Waals surface area contributed by atoms with Crippen LogP contribution >= 0.6 is 0 Å². The van der Waals surface area contributed by atoms with Gasteiger partial charge >= 0.3 is 6.03 Å². The first-order chi connectivity index (χ1) is 15.6. The molecule has 1 aromatic carbocycles. The summed E-state index contributed by atoms with van der Waals surface area (Å²) in [5.41, 5.74) is 2.51. The smallest absolute Gasteiger partial charge is 0.317 e. The number of nitrogens with zero attached hydrogens (tertiary/aromatic N) is 1. The summed E-state index contributed by atoms with van der Waals surface area (Å²) >= 11 is 0. The van der Waals surface area contributed by atoms with Gasteiger partial charge in [-0.25, -0.2) is 4.79 Å². The van der Waals surface area contributed by atoms with Crippen LogP contribution in [0.15, 0.2) is 29.1 Å². The van der Waals surface area contributed by atoms with Crippen LogP contribution in [0.2, 0.25) is 0 Å². The van der Waals surface area contributed by atoms with E-state index in [1.807, 2.05) is 30.0 Å². The third-order valence-corrected chi connectivity index (χ3v) is 6.82. The number of aromatic nitrogens is 1. The van der Waals surface area contributed by atoms with E-state index in [4.69, 9.17) is 4.74 Å². The Hall–Kier alpha value is -2.38. The molecule has 174 valence electrons. The zero-order valence-corrected chi connectivity index (χ0v) is 19.3. The van der Waals surface area contributed by atoms with Crippen LogP contribution in [0.1, 0.15) is 49.7 Å². The maximum atomic E-state index is 13.2. The Bertz CT molecular complexity index is 961. The SMILES string of the molecule is Cc1ccc2[nH]c(=O)c(CN(CCC[NH+]3CCOCC3)C(=O)NC3CCCCC3)cc2c1. The van der Waals surface area contributed by atoms with E-state index in [0.29, 0.717) is 18.7 Å². The van der Waals surface area contributed by atoms with Gasteiger partial charge in [-0.3, -0.25) is 4.79 Å². The number of hydrogen-bond donors (Lipinski definition) is 3. The molecule has 7 nitrogen and oxygen atoms in total. The molecule has 0 spiro atoms. The lowest BCUT2D eigenvalue weighted by Gasteiger charge is -2.29. The molecule has 0 unspecified atom stereocenters. The lowest BCUT2D eigenvalue weighted by molar-refractivity contribution is -0.908. The third-order valence-electron chi connectivity index (χ3n) is 6.82. The van der Waals surface area contributed by atoms with Crippen molar-refractivity contribution in [2.24, 2.45) is 0 Å². The molecule has 2 aliphatic rings. The minimum absolute atomic E-state index is 0.0439. The number of aromatic amines is 1. The summed E-state index contributed by atoms with van der Waals surface area (Å²) in [5, 5.41) is 4.25. The average molecular weight is 442 g/mol. The molecule has 4 rings (SSSR count). The van der Waals surface area contributed by atoms with Crippen molar-refractivity contribution in [2.45, 2.75) is 58.0 Å². The van der Waals surface area contributed by atoms with E-state index < -0.39 is 0 Å². The fourth-order valence-corrected chi connectivity index (χ4v) is 4.89. The molecule has 3 N–H and O–H groups in total. The monoisotopic (exact) mass is 441 g/mol. The quantitative estimate of drug-likeness (QED) is 0.615. The number of pyridine rings is 1. The fraction of sp³-hybridized carbons (Fsp3) is 0.600. The summed E-state index contributed by atoms with van der Waals surface area (Å²) in [4.78, 5) is 32.3. The molecular weight excluding hydrogens is 404 g/mol. The van der Waals surface area contributed by atoms with Crippen molar-refractivity contribution in [2.75, 3.05) is 39.4 Å². The summed E-state index contributed by atoms with van der Waals surface area (Å²) in [7, 11) is 0. The van der Waals surface area contributed by atoms with Crippen LogP contribution in [0.3, 0.4) is 0 Å². The Kier molecular flexibility index (Phi) is 7.81. The minimum atomic E-state index is -0.115. The van der Waals surface area contributed by atoms with Crippen molar-refractivity contribution >= 4 is 16.9 Å². The number of rotatable bonds is 7. The van der Waals surface area contributed by atoms with Gasteiger partial charge in [-0.2, -0.15) is 0 Å². The molecule has 1 aliphatic heterocycles. The van der Waals surface area contributed by atoms with Gasteiger partial charge in [0, 0.05) is 30.1 Å². The van der Waals surface area contributed by atoms with Gasteiger partial charge in [0.25, 0.3) is 5.56 Å². The van der Waals surface area contributed by atoms with Crippen molar-refractivity contribution in [3.8, 4) is 0 Å². The second kappa shape index (κ2) is 11.0. The zero-order chi connectivity index (χ0) is 22.3. The van der Waals surface area contributed by atoms with Crippen molar-refractivity contribution in [1.82, 2.24) is 15.2 Å². The number of aryl methyl sites for hydroxylation is 1. The number of hydrogen-bond acceptors (Lipinski definition) is 3. The maximum Gasteiger partial charge on any atom is 0.317 e. The van der Waals surface area contributed by atoms with Crippen molar-refractivity contribution in [1.29, 1.82) is 0 Å². The highest BCUT2D eigenvalue weighted by atomic mass is 16.5.